The lowest BCUT2D eigenvalue weighted by atomic mass is 9.95. The van der Waals surface area contributed by atoms with Crippen LogP contribution in [-0.2, 0) is 0 Å². The standard InChI is InChI=1S/C21H20N4O/c26-21(23-22-16-7-3-1-4-8-16)19-18-14-11-12-15(13-14)20(18)25(24-19)17-9-5-2-6-10-17/h1-10,14-15,22H,11-13H2,(H,23,26)/t14-,15-/m0/s1. The number of hydrogen-bond donors (Lipinski definition) is 2. The first kappa shape index (κ1) is 15.2. The normalized spacial score (nSPS) is 20.0. The lowest BCUT2D eigenvalue weighted by Gasteiger charge is -2.14. The van der Waals surface area contributed by atoms with Crippen molar-refractivity contribution < 1.29 is 4.79 Å². The fourth-order valence-corrected chi connectivity index (χ4v) is 4.37. The molecule has 1 amide bonds. The highest BCUT2D eigenvalue weighted by molar-refractivity contribution is 5.95. The molecule has 2 aliphatic rings. The van der Waals surface area contributed by atoms with E-state index in [1.54, 1.807) is 0 Å². The third kappa shape index (κ3) is 2.39. The van der Waals surface area contributed by atoms with Crippen molar-refractivity contribution in [1.29, 1.82) is 0 Å². The van der Waals surface area contributed by atoms with Gasteiger partial charge in [0.15, 0.2) is 5.69 Å². The van der Waals surface area contributed by atoms with Crippen LogP contribution in [-0.4, -0.2) is 15.7 Å². The average Bonchev–Trinajstić information content (AvgIpc) is 3.40. The van der Waals surface area contributed by atoms with Gasteiger partial charge in [0.1, 0.15) is 0 Å². The van der Waals surface area contributed by atoms with Gasteiger partial charge >= 0.3 is 0 Å². The number of carbonyl (C=O) groups excluding carboxylic acids is 1. The third-order valence-electron chi connectivity index (χ3n) is 5.50. The molecule has 0 radical (unpaired) electrons. The molecular weight excluding hydrogens is 324 g/mol. The number of rotatable bonds is 4. The van der Waals surface area contributed by atoms with Gasteiger partial charge in [0.05, 0.1) is 17.1 Å². The molecule has 5 heteroatoms. The number of carbonyl (C=O) groups is 1. The summed E-state index contributed by atoms with van der Waals surface area (Å²) in [6.07, 6.45) is 3.50. The molecule has 1 heterocycles. The molecule has 1 saturated carbocycles. The zero-order valence-electron chi connectivity index (χ0n) is 14.4. The fourth-order valence-electron chi connectivity index (χ4n) is 4.37. The monoisotopic (exact) mass is 344 g/mol. The zero-order chi connectivity index (χ0) is 17.5. The second kappa shape index (κ2) is 6.02. The van der Waals surface area contributed by atoms with E-state index in [0.29, 0.717) is 17.5 Å². The van der Waals surface area contributed by atoms with Crippen molar-refractivity contribution >= 4 is 11.6 Å². The second-order valence-electron chi connectivity index (χ2n) is 7.05. The highest BCUT2D eigenvalue weighted by Crippen LogP contribution is 2.54. The van der Waals surface area contributed by atoms with Crippen LogP contribution in [0.5, 0.6) is 0 Å². The Balaban J connectivity index is 1.50. The smallest absolute Gasteiger partial charge is 0.290 e. The van der Waals surface area contributed by atoms with Crippen LogP contribution >= 0.6 is 0 Å². The lowest BCUT2D eigenvalue weighted by Crippen LogP contribution is -2.30. The van der Waals surface area contributed by atoms with Gasteiger partial charge in [0.2, 0.25) is 0 Å². The van der Waals surface area contributed by atoms with E-state index in [2.05, 4.69) is 10.9 Å². The summed E-state index contributed by atoms with van der Waals surface area (Å²) >= 11 is 0. The van der Waals surface area contributed by atoms with Crippen molar-refractivity contribution in [3.63, 3.8) is 0 Å². The van der Waals surface area contributed by atoms with Gasteiger partial charge in [-0.05, 0) is 49.4 Å². The first-order valence-electron chi connectivity index (χ1n) is 9.11. The van der Waals surface area contributed by atoms with Crippen molar-refractivity contribution in [2.75, 3.05) is 5.43 Å². The van der Waals surface area contributed by atoms with Gasteiger partial charge in [-0.3, -0.25) is 15.6 Å². The van der Waals surface area contributed by atoms with Crippen LogP contribution in [0.15, 0.2) is 60.7 Å². The summed E-state index contributed by atoms with van der Waals surface area (Å²) in [6, 6.07) is 19.7. The number of nitrogens with zero attached hydrogens (tertiary/aromatic N) is 2. The van der Waals surface area contributed by atoms with Gasteiger partial charge in [-0.1, -0.05) is 36.4 Å². The first-order valence-corrected chi connectivity index (χ1v) is 9.11. The van der Waals surface area contributed by atoms with Gasteiger partial charge in [0, 0.05) is 11.5 Å². The summed E-state index contributed by atoms with van der Waals surface area (Å²) in [7, 11) is 0. The highest BCUT2D eigenvalue weighted by atomic mass is 16.2. The number of aromatic nitrogens is 2. The Morgan fingerprint density at radius 3 is 2.42 bits per heavy atom. The fraction of sp³-hybridized carbons (Fsp3) is 0.238. The molecule has 1 fully saturated rings. The Labute approximate surface area is 152 Å². The number of para-hydroxylation sites is 2. The molecule has 2 aromatic carbocycles. The van der Waals surface area contributed by atoms with E-state index in [0.717, 1.165) is 29.8 Å². The van der Waals surface area contributed by atoms with Gasteiger partial charge in [-0.25, -0.2) is 4.68 Å². The largest absolute Gasteiger partial charge is 0.298 e. The molecule has 2 N–H and O–H groups in total. The van der Waals surface area contributed by atoms with Crippen LogP contribution in [0.1, 0.15) is 52.8 Å². The summed E-state index contributed by atoms with van der Waals surface area (Å²) in [4.78, 5) is 12.8. The van der Waals surface area contributed by atoms with Gasteiger partial charge in [0.25, 0.3) is 5.91 Å². The van der Waals surface area contributed by atoms with Crippen molar-refractivity contribution in [3.8, 4) is 5.69 Å². The Bertz CT molecular complexity index is 949. The lowest BCUT2D eigenvalue weighted by molar-refractivity contribution is 0.0956. The summed E-state index contributed by atoms with van der Waals surface area (Å²) in [5, 5.41) is 4.72. The van der Waals surface area contributed by atoms with Gasteiger partial charge in [-0.15, -0.1) is 0 Å². The average molecular weight is 344 g/mol. The maximum absolute atomic E-state index is 12.8. The third-order valence-corrected chi connectivity index (χ3v) is 5.50. The molecule has 26 heavy (non-hydrogen) atoms. The molecule has 3 aromatic rings. The first-order chi connectivity index (χ1) is 12.8. The minimum atomic E-state index is -0.174. The highest BCUT2D eigenvalue weighted by Gasteiger charge is 2.44. The number of anilines is 1. The molecule has 0 saturated heterocycles. The second-order valence-corrected chi connectivity index (χ2v) is 7.05. The number of nitrogens with one attached hydrogen (secondary N) is 2. The summed E-state index contributed by atoms with van der Waals surface area (Å²) in [5.74, 6) is 0.809. The zero-order valence-corrected chi connectivity index (χ0v) is 14.4. The number of hydrogen-bond acceptors (Lipinski definition) is 3. The quantitative estimate of drug-likeness (QED) is 0.704. The van der Waals surface area contributed by atoms with E-state index in [4.69, 9.17) is 5.10 Å². The molecule has 5 nitrogen and oxygen atoms in total. The van der Waals surface area contributed by atoms with Gasteiger partial charge in [-0.2, -0.15) is 5.10 Å². The summed E-state index contributed by atoms with van der Waals surface area (Å²) in [5.41, 5.74) is 10.6. The van der Waals surface area contributed by atoms with Crippen LogP contribution in [0.2, 0.25) is 0 Å². The van der Waals surface area contributed by atoms with E-state index in [9.17, 15) is 4.79 Å². The minimum absolute atomic E-state index is 0.174. The molecule has 2 atom stereocenters. The predicted octanol–water partition coefficient (Wildman–Crippen LogP) is 3.99. The van der Waals surface area contributed by atoms with E-state index >= 15 is 0 Å². The molecular formula is C21H20N4O. The number of benzene rings is 2. The number of amides is 1. The van der Waals surface area contributed by atoms with Crippen LogP contribution in [0, 0.1) is 0 Å². The van der Waals surface area contributed by atoms with E-state index in [1.165, 1.54) is 12.1 Å². The molecule has 0 unspecified atom stereocenters. The van der Waals surface area contributed by atoms with Crippen molar-refractivity contribution in [2.24, 2.45) is 0 Å². The summed E-state index contributed by atoms with van der Waals surface area (Å²) in [6.45, 7) is 0. The van der Waals surface area contributed by atoms with Crippen LogP contribution in [0.4, 0.5) is 5.69 Å². The maximum atomic E-state index is 12.8. The maximum Gasteiger partial charge on any atom is 0.290 e. The Kier molecular flexibility index (Phi) is 3.52. The van der Waals surface area contributed by atoms with Crippen LogP contribution < -0.4 is 10.9 Å². The topological polar surface area (TPSA) is 59.0 Å². The molecule has 2 aliphatic carbocycles. The van der Waals surface area contributed by atoms with Crippen molar-refractivity contribution in [2.45, 2.75) is 31.1 Å². The van der Waals surface area contributed by atoms with E-state index < -0.39 is 0 Å². The predicted molar refractivity (Wildman–Crippen MR) is 100 cm³/mol. The van der Waals surface area contributed by atoms with Crippen LogP contribution in [0.25, 0.3) is 5.69 Å². The number of hydrazine groups is 1. The molecule has 5 rings (SSSR count). The van der Waals surface area contributed by atoms with E-state index in [1.807, 2.05) is 65.3 Å². The SMILES string of the molecule is O=C(NNc1ccccc1)c1nn(-c2ccccc2)c2c1[C@H]1CC[C@H]2C1. The molecule has 1 aromatic heterocycles. The molecule has 0 spiro atoms. The van der Waals surface area contributed by atoms with Crippen LogP contribution in [0.3, 0.4) is 0 Å². The minimum Gasteiger partial charge on any atom is -0.298 e. The Morgan fingerprint density at radius 2 is 1.65 bits per heavy atom. The molecule has 0 aliphatic heterocycles. The Hall–Kier alpha value is -3.08. The number of fused-ring (bicyclic) bond motifs is 5. The van der Waals surface area contributed by atoms with Gasteiger partial charge < -0.3 is 0 Å². The molecule has 2 bridgehead atoms. The summed E-state index contributed by atoms with van der Waals surface area (Å²) < 4.78 is 1.98. The van der Waals surface area contributed by atoms with E-state index in [-0.39, 0.29) is 5.91 Å². The molecule has 130 valence electrons. The van der Waals surface area contributed by atoms with Crippen molar-refractivity contribution in [1.82, 2.24) is 15.2 Å². The Morgan fingerprint density at radius 1 is 0.962 bits per heavy atom. The van der Waals surface area contributed by atoms with Crippen molar-refractivity contribution in [3.05, 3.63) is 77.6 Å².